The van der Waals surface area contributed by atoms with Crippen molar-refractivity contribution < 1.29 is 63.0 Å². The number of nitrogens with zero attached hydrogens (tertiary/aromatic N) is 1. The van der Waals surface area contributed by atoms with Gasteiger partial charge < -0.3 is 43.9 Å². The molecule has 3 fully saturated rings. The van der Waals surface area contributed by atoms with Gasteiger partial charge in [0.1, 0.15) is 30.1 Å². The van der Waals surface area contributed by atoms with Crippen LogP contribution in [0.3, 0.4) is 0 Å². The summed E-state index contributed by atoms with van der Waals surface area (Å²) in [5, 5.41) is 33.8. The molecule has 15 atom stereocenters. The summed E-state index contributed by atoms with van der Waals surface area (Å²) in [5.74, 6) is -7.96. The van der Waals surface area contributed by atoms with E-state index in [0.717, 1.165) is 12.0 Å². The van der Waals surface area contributed by atoms with Gasteiger partial charge in [0, 0.05) is 58.5 Å². The monoisotopic (exact) mass is 914 g/mol. The molecule has 2 saturated heterocycles. The third-order valence-corrected chi connectivity index (χ3v) is 14.5. The highest BCUT2D eigenvalue weighted by atomic mass is 16.6. The summed E-state index contributed by atoms with van der Waals surface area (Å²) < 4.78 is 29.4. The third-order valence-electron chi connectivity index (χ3n) is 14.5. The van der Waals surface area contributed by atoms with E-state index in [0.29, 0.717) is 63.4 Å². The summed E-state index contributed by atoms with van der Waals surface area (Å²) in [6.45, 7) is 12.7. The Balaban J connectivity index is 1.70. The molecule has 2 unspecified atom stereocenters. The number of methoxy groups -OCH3 is 3. The van der Waals surface area contributed by atoms with Gasteiger partial charge in [0.15, 0.2) is 5.78 Å². The van der Waals surface area contributed by atoms with Crippen LogP contribution in [0.5, 0.6) is 0 Å². The molecule has 0 aromatic rings. The molecule has 0 aromatic carbocycles. The third kappa shape index (κ3) is 14.3. The molecular weight excluding hydrogens is 835 g/mol. The molecule has 0 radical (unpaired) electrons. The Morgan fingerprint density at radius 2 is 1.57 bits per heavy atom. The predicted molar refractivity (Wildman–Crippen MR) is 245 cm³/mol. The first kappa shape index (κ1) is 54.2. The van der Waals surface area contributed by atoms with E-state index in [4.69, 9.17) is 23.7 Å². The standard InChI is InChI=1S/C51H79NO13/c1-30-16-12-11-13-17-31(2)42(61-8)28-38-21-19-36(7)51(60,65-38)48(57)49(58)52-23-15-14-18-39(52)50(59)64-43(33(4)26-37-20-22-40(53)44(27-37)62-9)29-41(54)32(3)25-35(6)46(56)47(63-10)45(55)34(5)24-30/h11-13,16-17,25,30,32-34,36-40,42-44,46-47,53,56,60H,14-15,18-24,26-29H2,1-10H3/b13-11+,16-12+,31-17+,35-25+/t30-,32-,33+,34-,36-,37?,38?,39+,40-,42+,43+,44-,46-,47-,51-/m1/s1. The van der Waals surface area contributed by atoms with E-state index < -0.39 is 83.9 Å². The molecule has 14 nitrogen and oxygen atoms in total. The Labute approximate surface area is 387 Å². The lowest BCUT2D eigenvalue weighted by molar-refractivity contribution is -0.265. The smallest absolute Gasteiger partial charge is 0.329 e. The molecule has 2 bridgehead atoms. The van der Waals surface area contributed by atoms with Crippen molar-refractivity contribution in [2.24, 2.45) is 35.5 Å². The first-order valence-corrected chi connectivity index (χ1v) is 23.9. The number of ketones is 3. The second-order valence-corrected chi connectivity index (χ2v) is 19.6. The van der Waals surface area contributed by atoms with Crippen molar-refractivity contribution in [2.45, 2.75) is 180 Å². The van der Waals surface area contributed by atoms with E-state index in [1.165, 1.54) is 12.0 Å². The Morgan fingerprint density at radius 3 is 2.25 bits per heavy atom. The lowest BCUT2D eigenvalue weighted by atomic mass is 9.78. The molecule has 65 heavy (non-hydrogen) atoms. The number of piperidine rings is 1. The highest BCUT2D eigenvalue weighted by Gasteiger charge is 2.53. The van der Waals surface area contributed by atoms with Crippen molar-refractivity contribution in [2.75, 3.05) is 27.9 Å². The fraction of sp³-hybridized carbons (Fsp3) is 0.745. The van der Waals surface area contributed by atoms with Crippen LogP contribution < -0.4 is 0 Å². The number of Topliss-reactive ketones (excluding diaryl/α,β-unsaturated/α-hetero) is 3. The number of cyclic esters (lactones) is 1. The molecule has 14 heteroatoms. The van der Waals surface area contributed by atoms with Gasteiger partial charge in [-0.1, -0.05) is 71.1 Å². The zero-order chi connectivity index (χ0) is 48.2. The summed E-state index contributed by atoms with van der Waals surface area (Å²) >= 11 is 0. The molecule has 1 aliphatic carbocycles. The van der Waals surface area contributed by atoms with Crippen molar-refractivity contribution in [1.29, 1.82) is 0 Å². The maximum Gasteiger partial charge on any atom is 0.329 e. The van der Waals surface area contributed by atoms with Crippen molar-refractivity contribution in [3.63, 3.8) is 0 Å². The van der Waals surface area contributed by atoms with Crippen LogP contribution in [0.15, 0.2) is 47.6 Å². The molecular formula is C51H79NO13. The Morgan fingerprint density at radius 1 is 0.846 bits per heavy atom. The van der Waals surface area contributed by atoms with E-state index in [-0.39, 0.29) is 54.8 Å². The highest BCUT2D eigenvalue weighted by molar-refractivity contribution is 6.39. The van der Waals surface area contributed by atoms with Gasteiger partial charge in [0.25, 0.3) is 11.7 Å². The molecule has 0 aromatic heterocycles. The fourth-order valence-corrected chi connectivity index (χ4v) is 10.1. The Bertz CT molecular complexity index is 1760. The van der Waals surface area contributed by atoms with Crippen molar-refractivity contribution in [1.82, 2.24) is 4.90 Å². The number of aliphatic hydroxyl groups excluding tert-OH is 2. The molecule has 4 aliphatic rings. The van der Waals surface area contributed by atoms with Gasteiger partial charge in [0.2, 0.25) is 5.79 Å². The fourth-order valence-electron chi connectivity index (χ4n) is 10.1. The molecule has 3 aliphatic heterocycles. The number of carbonyl (C=O) groups excluding carboxylic acids is 5. The lowest BCUT2D eigenvalue weighted by Gasteiger charge is -2.42. The second kappa shape index (κ2) is 25.1. The number of hydrogen-bond acceptors (Lipinski definition) is 13. The summed E-state index contributed by atoms with van der Waals surface area (Å²) in [7, 11) is 4.52. The van der Waals surface area contributed by atoms with Crippen molar-refractivity contribution >= 4 is 29.2 Å². The van der Waals surface area contributed by atoms with E-state index in [1.807, 2.05) is 58.1 Å². The van der Waals surface area contributed by atoms with Crippen LogP contribution in [0, 0.1) is 35.5 Å². The topological polar surface area (TPSA) is 195 Å². The largest absolute Gasteiger partial charge is 0.460 e. The van der Waals surface area contributed by atoms with E-state index in [1.54, 1.807) is 41.1 Å². The molecule has 3 heterocycles. The zero-order valence-electron chi connectivity index (χ0n) is 40.6. The van der Waals surface area contributed by atoms with Crippen LogP contribution >= 0.6 is 0 Å². The van der Waals surface area contributed by atoms with Crippen molar-refractivity contribution in [3.05, 3.63) is 47.6 Å². The van der Waals surface area contributed by atoms with Crippen LogP contribution in [0.2, 0.25) is 0 Å². The predicted octanol–water partition coefficient (Wildman–Crippen LogP) is 6.18. The minimum Gasteiger partial charge on any atom is -0.460 e. The second-order valence-electron chi connectivity index (χ2n) is 19.6. The van der Waals surface area contributed by atoms with Gasteiger partial charge >= 0.3 is 5.97 Å². The van der Waals surface area contributed by atoms with Gasteiger partial charge in [-0.15, -0.1) is 0 Å². The average Bonchev–Trinajstić information content (AvgIpc) is 3.28. The van der Waals surface area contributed by atoms with Gasteiger partial charge in [0.05, 0.1) is 24.4 Å². The van der Waals surface area contributed by atoms with Crippen LogP contribution in [0.1, 0.15) is 126 Å². The minimum absolute atomic E-state index is 0.0193. The SMILES string of the molecule is CO[C@H]1CC2CC[C@@H](C)[C@@](O)(O2)C(=O)C(=O)N2CCCC[C@H]2C(=O)O[C@H]([C@@H](C)CC2CC[C@@H](O)[C@H](OC)C2)CC(=O)[C@H](C)/C=C(\C)[C@@H](O)[C@H](OC)C(=O)[C@H](C)C[C@H](C)/C=C/C=C/C=C/1C. The number of rotatable bonds is 6. The van der Waals surface area contributed by atoms with Gasteiger partial charge in [-0.25, -0.2) is 4.79 Å². The van der Waals surface area contributed by atoms with Crippen LogP contribution in [-0.2, 0) is 47.7 Å². The van der Waals surface area contributed by atoms with Crippen molar-refractivity contribution in [3.8, 4) is 0 Å². The van der Waals surface area contributed by atoms with Gasteiger partial charge in [-0.3, -0.25) is 19.2 Å². The van der Waals surface area contributed by atoms with E-state index in [9.17, 15) is 39.3 Å². The molecule has 1 saturated carbocycles. The zero-order valence-corrected chi connectivity index (χ0v) is 40.6. The molecule has 4 rings (SSSR count). The summed E-state index contributed by atoms with van der Waals surface area (Å²) in [6.07, 6.45) is 11.2. The number of fused-ring (bicyclic) bond motifs is 3. The summed E-state index contributed by atoms with van der Waals surface area (Å²) in [6, 6.07) is -1.14. The first-order valence-electron chi connectivity index (χ1n) is 23.9. The Hall–Kier alpha value is -3.37. The first-order chi connectivity index (χ1) is 30.7. The maximum atomic E-state index is 14.4. The number of hydrogen-bond donors (Lipinski definition) is 3. The molecule has 0 spiro atoms. The number of allylic oxidation sites excluding steroid dienone is 6. The number of ether oxygens (including phenoxy) is 5. The quantitative estimate of drug-likeness (QED) is 0.156. The summed E-state index contributed by atoms with van der Waals surface area (Å²) in [4.78, 5) is 71.8. The summed E-state index contributed by atoms with van der Waals surface area (Å²) in [5.41, 5.74) is 1.27. The molecule has 1 amide bonds. The molecule has 3 N–H and O–H groups in total. The number of amides is 1. The normalized spacial score (nSPS) is 40.4. The molecule has 366 valence electrons. The van der Waals surface area contributed by atoms with Crippen LogP contribution in [0.25, 0.3) is 0 Å². The van der Waals surface area contributed by atoms with Gasteiger partial charge in [-0.2, -0.15) is 0 Å². The van der Waals surface area contributed by atoms with E-state index in [2.05, 4.69) is 0 Å². The number of carbonyl (C=O) groups is 5. The highest BCUT2D eigenvalue weighted by Crippen LogP contribution is 2.38. The number of esters is 1. The van der Waals surface area contributed by atoms with Gasteiger partial charge in [-0.05, 0) is 107 Å². The Kier molecular flexibility index (Phi) is 21.0. The minimum atomic E-state index is -2.43. The average molecular weight is 914 g/mol. The van der Waals surface area contributed by atoms with Crippen LogP contribution in [-0.4, -0.2) is 132 Å². The maximum absolute atomic E-state index is 14.4. The number of aliphatic hydroxyl groups is 3. The van der Waals surface area contributed by atoms with Crippen LogP contribution in [0.4, 0.5) is 0 Å². The van der Waals surface area contributed by atoms with E-state index >= 15 is 0 Å². The lowest BCUT2D eigenvalue weighted by Crippen LogP contribution is -2.61.